The molecule has 0 aliphatic heterocycles. The molecule has 0 spiro atoms. The Hall–Kier alpha value is -2.44. The minimum absolute atomic E-state index is 0.0394. The van der Waals surface area contributed by atoms with Gasteiger partial charge in [0.25, 0.3) is 0 Å². The SMILES string of the molecule is Cn1cnc(CCNS(=O)(=O)c2ccc(C#N)cc2N)n1. The van der Waals surface area contributed by atoms with Crippen LogP contribution >= 0.6 is 0 Å². The Morgan fingerprint density at radius 1 is 1.48 bits per heavy atom. The smallest absolute Gasteiger partial charge is 0.242 e. The molecule has 2 rings (SSSR count). The molecule has 21 heavy (non-hydrogen) atoms. The second-order valence-electron chi connectivity index (χ2n) is 4.35. The highest BCUT2D eigenvalue weighted by atomic mass is 32.2. The van der Waals surface area contributed by atoms with Gasteiger partial charge in [0, 0.05) is 20.0 Å². The van der Waals surface area contributed by atoms with E-state index < -0.39 is 10.0 Å². The van der Waals surface area contributed by atoms with E-state index in [4.69, 9.17) is 11.0 Å². The number of sulfonamides is 1. The molecular weight excluding hydrogens is 292 g/mol. The summed E-state index contributed by atoms with van der Waals surface area (Å²) in [5.41, 5.74) is 6.02. The molecule has 0 aliphatic rings. The first kappa shape index (κ1) is 15.0. The highest BCUT2D eigenvalue weighted by Gasteiger charge is 2.17. The van der Waals surface area contributed by atoms with Crippen LogP contribution in [0.2, 0.25) is 0 Å². The summed E-state index contributed by atoms with van der Waals surface area (Å²) in [7, 11) is -1.99. The fraction of sp³-hybridized carbons (Fsp3) is 0.250. The maximum atomic E-state index is 12.1. The van der Waals surface area contributed by atoms with Crippen LogP contribution < -0.4 is 10.5 Å². The van der Waals surface area contributed by atoms with Gasteiger partial charge in [-0.3, -0.25) is 4.68 Å². The number of benzene rings is 1. The van der Waals surface area contributed by atoms with Crippen LogP contribution in [0, 0.1) is 11.3 Å². The summed E-state index contributed by atoms with van der Waals surface area (Å²) in [5, 5.41) is 12.8. The van der Waals surface area contributed by atoms with Gasteiger partial charge in [0.05, 0.1) is 17.3 Å². The Labute approximate surface area is 122 Å². The predicted molar refractivity (Wildman–Crippen MR) is 75.5 cm³/mol. The average Bonchev–Trinajstić information content (AvgIpc) is 2.83. The molecule has 0 atom stereocenters. The second kappa shape index (κ2) is 5.90. The number of hydrogen-bond acceptors (Lipinski definition) is 6. The zero-order valence-electron chi connectivity index (χ0n) is 11.3. The summed E-state index contributed by atoms with van der Waals surface area (Å²) in [6.07, 6.45) is 1.92. The third-order valence-corrected chi connectivity index (χ3v) is 4.25. The van der Waals surface area contributed by atoms with Crippen LogP contribution in [0.25, 0.3) is 0 Å². The standard InChI is InChI=1S/C12H14N6O2S/c1-18-8-15-12(17-18)4-5-16-21(19,20)11-3-2-9(7-13)6-10(11)14/h2-3,6,8,16H,4-5,14H2,1H3. The quantitative estimate of drug-likeness (QED) is 0.736. The minimum Gasteiger partial charge on any atom is -0.398 e. The van der Waals surface area contributed by atoms with E-state index in [1.54, 1.807) is 18.1 Å². The van der Waals surface area contributed by atoms with Gasteiger partial charge in [-0.05, 0) is 18.2 Å². The molecule has 1 heterocycles. The summed E-state index contributed by atoms with van der Waals surface area (Å²) in [4.78, 5) is 3.96. The summed E-state index contributed by atoms with van der Waals surface area (Å²) < 4.78 is 28.2. The Morgan fingerprint density at radius 2 is 2.24 bits per heavy atom. The van der Waals surface area contributed by atoms with Gasteiger partial charge in [-0.2, -0.15) is 10.4 Å². The molecule has 3 N–H and O–H groups in total. The van der Waals surface area contributed by atoms with Gasteiger partial charge in [-0.15, -0.1) is 0 Å². The molecule has 1 aromatic heterocycles. The Morgan fingerprint density at radius 3 is 2.81 bits per heavy atom. The molecule has 0 amide bonds. The Balaban J connectivity index is 2.06. The summed E-state index contributed by atoms with van der Waals surface area (Å²) >= 11 is 0. The Bertz CT molecular complexity index is 790. The van der Waals surface area contributed by atoms with Crippen LogP contribution in [0.3, 0.4) is 0 Å². The van der Waals surface area contributed by atoms with Crippen molar-refractivity contribution in [3.8, 4) is 6.07 Å². The van der Waals surface area contributed by atoms with Crippen molar-refractivity contribution in [2.24, 2.45) is 7.05 Å². The minimum atomic E-state index is -3.73. The van der Waals surface area contributed by atoms with Gasteiger partial charge >= 0.3 is 0 Å². The fourth-order valence-electron chi connectivity index (χ4n) is 1.74. The normalized spacial score (nSPS) is 11.2. The zero-order chi connectivity index (χ0) is 15.5. The molecule has 0 unspecified atom stereocenters. The lowest BCUT2D eigenvalue weighted by molar-refractivity contribution is 0.581. The number of nitrogens with zero attached hydrogens (tertiary/aromatic N) is 4. The first-order valence-corrected chi connectivity index (χ1v) is 7.54. The first-order chi connectivity index (χ1) is 9.92. The maximum Gasteiger partial charge on any atom is 0.242 e. The van der Waals surface area contributed by atoms with E-state index in [9.17, 15) is 8.42 Å². The molecule has 8 nitrogen and oxygen atoms in total. The van der Waals surface area contributed by atoms with E-state index in [1.807, 2.05) is 6.07 Å². The molecule has 0 saturated carbocycles. The molecule has 0 fully saturated rings. The van der Waals surface area contributed by atoms with Crippen LogP contribution in [-0.4, -0.2) is 29.7 Å². The summed E-state index contributed by atoms with van der Waals surface area (Å²) in [6.45, 7) is 0.159. The molecule has 110 valence electrons. The van der Waals surface area contributed by atoms with Crippen molar-refractivity contribution in [1.82, 2.24) is 19.5 Å². The van der Waals surface area contributed by atoms with Gasteiger partial charge in [-0.1, -0.05) is 0 Å². The molecule has 0 radical (unpaired) electrons. The first-order valence-electron chi connectivity index (χ1n) is 6.06. The van der Waals surface area contributed by atoms with Gasteiger partial charge in [-0.25, -0.2) is 18.1 Å². The number of anilines is 1. The fourth-order valence-corrected chi connectivity index (χ4v) is 2.88. The number of nitrogens with two attached hydrogens (primary N) is 1. The molecular formula is C12H14N6O2S. The van der Waals surface area contributed by atoms with E-state index in [-0.39, 0.29) is 17.1 Å². The molecule has 1 aromatic carbocycles. The van der Waals surface area contributed by atoms with Crippen molar-refractivity contribution in [2.45, 2.75) is 11.3 Å². The van der Waals surface area contributed by atoms with Gasteiger partial charge in [0.2, 0.25) is 10.0 Å². The number of aromatic nitrogens is 3. The average molecular weight is 306 g/mol. The monoisotopic (exact) mass is 306 g/mol. The van der Waals surface area contributed by atoms with Gasteiger partial charge < -0.3 is 5.73 Å². The number of nitrogens with one attached hydrogen (secondary N) is 1. The molecule has 2 aromatic rings. The number of aryl methyl sites for hydroxylation is 1. The number of rotatable bonds is 5. The van der Waals surface area contributed by atoms with Crippen molar-refractivity contribution < 1.29 is 8.42 Å². The molecule has 9 heteroatoms. The van der Waals surface area contributed by atoms with Crippen LogP contribution in [0.5, 0.6) is 0 Å². The van der Waals surface area contributed by atoms with E-state index in [0.717, 1.165) is 0 Å². The lowest BCUT2D eigenvalue weighted by Gasteiger charge is -2.08. The molecule has 0 saturated heterocycles. The summed E-state index contributed by atoms with van der Waals surface area (Å²) in [6, 6.07) is 5.95. The topological polar surface area (TPSA) is 127 Å². The Kier molecular flexibility index (Phi) is 4.21. The molecule has 0 bridgehead atoms. The highest BCUT2D eigenvalue weighted by Crippen LogP contribution is 2.19. The molecule has 0 aliphatic carbocycles. The zero-order valence-corrected chi connectivity index (χ0v) is 12.1. The van der Waals surface area contributed by atoms with Crippen molar-refractivity contribution >= 4 is 15.7 Å². The maximum absolute atomic E-state index is 12.1. The van der Waals surface area contributed by atoms with E-state index in [0.29, 0.717) is 17.8 Å². The predicted octanol–water partition coefficient (Wildman–Crippen LogP) is -0.210. The van der Waals surface area contributed by atoms with Gasteiger partial charge in [0.1, 0.15) is 11.2 Å². The number of nitriles is 1. The third-order valence-electron chi connectivity index (χ3n) is 2.72. The van der Waals surface area contributed by atoms with E-state index in [1.165, 1.54) is 18.2 Å². The van der Waals surface area contributed by atoms with Crippen LogP contribution in [-0.2, 0) is 23.5 Å². The highest BCUT2D eigenvalue weighted by molar-refractivity contribution is 7.89. The summed E-state index contributed by atoms with van der Waals surface area (Å²) in [5.74, 6) is 0.549. The van der Waals surface area contributed by atoms with Crippen molar-refractivity contribution in [1.29, 1.82) is 5.26 Å². The third kappa shape index (κ3) is 3.56. The van der Waals surface area contributed by atoms with Crippen LogP contribution in [0.4, 0.5) is 5.69 Å². The van der Waals surface area contributed by atoms with Crippen molar-refractivity contribution in [3.63, 3.8) is 0 Å². The lowest BCUT2D eigenvalue weighted by atomic mass is 10.2. The van der Waals surface area contributed by atoms with E-state index >= 15 is 0 Å². The largest absolute Gasteiger partial charge is 0.398 e. The lowest BCUT2D eigenvalue weighted by Crippen LogP contribution is -2.27. The van der Waals surface area contributed by atoms with Crippen molar-refractivity contribution in [2.75, 3.05) is 12.3 Å². The van der Waals surface area contributed by atoms with Gasteiger partial charge in [0.15, 0.2) is 5.82 Å². The number of nitrogen functional groups attached to an aromatic ring is 1. The van der Waals surface area contributed by atoms with Crippen LogP contribution in [0.1, 0.15) is 11.4 Å². The van der Waals surface area contributed by atoms with E-state index in [2.05, 4.69) is 14.8 Å². The van der Waals surface area contributed by atoms with Crippen LogP contribution in [0.15, 0.2) is 29.4 Å². The number of hydrogen-bond donors (Lipinski definition) is 2. The second-order valence-corrected chi connectivity index (χ2v) is 6.08. The van der Waals surface area contributed by atoms with Crippen molar-refractivity contribution in [3.05, 3.63) is 35.9 Å².